The fourth-order valence-electron chi connectivity index (χ4n) is 1.24. The van der Waals surface area contributed by atoms with Crippen LogP contribution >= 0.6 is 0 Å². The number of rotatable bonds is 7. The van der Waals surface area contributed by atoms with Crippen molar-refractivity contribution in [3.05, 3.63) is 18.3 Å². The molecule has 1 aromatic rings. The van der Waals surface area contributed by atoms with Gasteiger partial charge in [-0.25, -0.2) is 18.1 Å². The SMILES string of the molecule is CNc1ccc(S(=O)(=O)NCCCC(N)=O)cn1. The van der Waals surface area contributed by atoms with E-state index in [0.717, 1.165) is 0 Å². The van der Waals surface area contributed by atoms with Crippen molar-refractivity contribution in [2.24, 2.45) is 5.73 Å². The third kappa shape index (κ3) is 4.30. The van der Waals surface area contributed by atoms with Crippen molar-refractivity contribution < 1.29 is 13.2 Å². The van der Waals surface area contributed by atoms with Crippen LogP contribution in [-0.4, -0.2) is 32.9 Å². The monoisotopic (exact) mass is 272 g/mol. The zero-order valence-corrected chi connectivity index (χ0v) is 10.8. The van der Waals surface area contributed by atoms with Crippen LogP contribution in [0.25, 0.3) is 0 Å². The van der Waals surface area contributed by atoms with E-state index < -0.39 is 15.9 Å². The van der Waals surface area contributed by atoms with Crippen LogP contribution < -0.4 is 15.8 Å². The van der Waals surface area contributed by atoms with Crippen LogP contribution in [0.5, 0.6) is 0 Å². The van der Waals surface area contributed by atoms with Crippen molar-refractivity contribution in [3.8, 4) is 0 Å². The predicted molar refractivity (Wildman–Crippen MR) is 67.4 cm³/mol. The lowest BCUT2D eigenvalue weighted by atomic mass is 10.3. The number of hydrogen-bond acceptors (Lipinski definition) is 5. The van der Waals surface area contributed by atoms with Crippen LogP contribution in [0.4, 0.5) is 5.82 Å². The molecule has 0 fully saturated rings. The second-order valence-electron chi connectivity index (χ2n) is 3.60. The summed E-state index contributed by atoms with van der Waals surface area (Å²) in [6, 6.07) is 3.02. The molecule has 4 N–H and O–H groups in total. The molecule has 0 aromatic carbocycles. The standard InChI is InChI=1S/C10H16N4O3S/c1-12-10-5-4-8(7-13-10)18(16,17)14-6-2-3-9(11)15/h4-5,7,14H,2-3,6H2,1H3,(H2,11,15)(H,12,13). The van der Waals surface area contributed by atoms with Gasteiger partial charge in [0.15, 0.2) is 0 Å². The first-order valence-electron chi connectivity index (χ1n) is 5.37. The van der Waals surface area contributed by atoms with Crippen molar-refractivity contribution >= 4 is 21.7 Å². The van der Waals surface area contributed by atoms with Gasteiger partial charge in [-0.05, 0) is 18.6 Å². The number of carbonyl (C=O) groups is 1. The van der Waals surface area contributed by atoms with Crippen LogP contribution in [0.3, 0.4) is 0 Å². The zero-order chi connectivity index (χ0) is 13.6. The summed E-state index contributed by atoms with van der Waals surface area (Å²) in [5, 5.41) is 2.79. The zero-order valence-electron chi connectivity index (χ0n) is 10.0. The highest BCUT2D eigenvalue weighted by atomic mass is 32.2. The van der Waals surface area contributed by atoms with Gasteiger partial charge in [0.25, 0.3) is 0 Å². The number of pyridine rings is 1. The Balaban J connectivity index is 2.59. The van der Waals surface area contributed by atoms with Gasteiger partial charge in [0.1, 0.15) is 10.7 Å². The highest BCUT2D eigenvalue weighted by molar-refractivity contribution is 7.89. The number of sulfonamides is 1. The van der Waals surface area contributed by atoms with Crippen molar-refractivity contribution in [3.63, 3.8) is 0 Å². The van der Waals surface area contributed by atoms with Gasteiger partial charge in [0.2, 0.25) is 15.9 Å². The largest absolute Gasteiger partial charge is 0.373 e. The minimum absolute atomic E-state index is 0.0839. The van der Waals surface area contributed by atoms with Gasteiger partial charge in [0, 0.05) is 26.2 Å². The quantitative estimate of drug-likeness (QED) is 0.588. The van der Waals surface area contributed by atoms with Gasteiger partial charge in [-0.3, -0.25) is 4.79 Å². The van der Waals surface area contributed by atoms with Crippen molar-refractivity contribution in [1.82, 2.24) is 9.71 Å². The lowest BCUT2D eigenvalue weighted by molar-refractivity contribution is -0.118. The van der Waals surface area contributed by atoms with E-state index in [-0.39, 0.29) is 17.9 Å². The van der Waals surface area contributed by atoms with E-state index in [4.69, 9.17) is 5.73 Å². The summed E-state index contributed by atoms with van der Waals surface area (Å²) in [4.78, 5) is 14.5. The van der Waals surface area contributed by atoms with Gasteiger partial charge >= 0.3 is 0 Å². The number of amides is 1. The molecule has 0 aliphatic heterocycles. The van der Waals surface area contributed by atoms with E-state index in [2.05, 4.69) is 15.0 Å². The van der Waals surface area contributed by atoms with Crippen molar-refractivity contribution in [2.75, 3.05) is 18.9 Å². The highest BCUT2D eigenvalue weighted by Crippen LogP contribution is 2.09. The normalized spacial score (nSPS) is 11.2. The molecule has 7 nitrogen and oxygen atoms in total. The van der Waals surface area contributed by atoms with E-state index in [0.29, 0.717) is 12.2 Å². The lowest BCUT2D eigenvalue weighted by Crippen LogP contribution is -2.26. The first-order valence-corrected chi connectivity index (χ1v) is 6.86. The average Bonchev–Trinajstić information content (AvgIpc) is 2.34. The predicted octanol–water partition coefficient (Wildman–Crippen LogP) is -0.333. The Bertz CT molecular complexity index is 498. The maximum absolute atomic E-state index is 11.8. The first-order chi connectivity index (χ1) is 8.45. The third-order valence-electron chi connectivity index (χ3n) is 2.19. The number of carbonyl (C=O) groups excluding carboxylic acids is 1. The average molecular weight is 272 g/mol. The Kier molecular flexibility index (Phi) is 5.05. The molecule has 0 radical (unpaired) electrons. The second kappa shape index (κ2) is 6.31. The van der Waals surface area contributed by atoms with E-state index >= 15 is 0 Å². The molecule has 1 rings (SSSR count). The summed E-state index contributed by atoms with van der Waals surface area (Å²) in [5.41, 5.74) is 4.95. The first kappa shape index (κ1) is 14.4. The van der Waals surface area contributed by atoms with E-state index in [1.807, 2.05) is 0 Å². The molecule has 100 valence electrons. The summed E-state index contributed by atoms with van der Waals surface area (Å²) >= 11 is 0. The Morgan fingerprint density at radius 2 is 2.17 bits per heavy atom. The van der Waals surface area contributed by atoms with Crippen LogP contribution in [-0.2, 0) is 14.8 Å². The second-order valence-corrected chi connectivity index (χ2v) is 5.36. The Hall–Kier alpha value is -1.67. The molecule has 18 heavy (non-hydrogen) atoms. The summed E-state index contributed by atoms with van der Waals surface area (Å²) in [7, 11) is -1.88. The summed E-state index contributed by atoms with van der Waals surface area (Å²) in [6.45, 7) is 0.166. The third-order valence-corrected chi connectivity index (χ3v) is 3.64. The van der Waals surface area contributed by atoms with Crippen LogP contribution in [0.2, 0.25) is 0 Å². The topological polar surface area (TPSA) is 114 Å². The van der Waals surface area contributed by atoms with Gasteiger partial charge in [0.05, 0.1) is 0 Å². The Labute approximate surface area is 106 Å². The number of aromatic nitrogens is 1. The van der Waals surface area contributed by atoms with Gasteiger partial charge in [-0.2, -0.15) is 0 Å². The molecule has 0 saturated carbocycles. The molecule has 0 aliphatic rings. The molecular formula is C10H16N4O3S. The summed E-state index contributed by atoms with van der Waals surface area (Å²) in [5.74, 6) is 0.136. The molecular weight excluding hydrogens is 256 g/mol. The van der Waals surface area contributed by atoms with Crippen molar-refractivity contribution in [2.45, 2.75) is 17.7 Å². The maximum atomic E-state index is 11.8. The van der Waals surface area contributed by atoms with Gasteiger partial charge in [-0.1, -0.05) is 0 Å². The molecule has 0 unspecified atom stereocenters. The highest BCUT2D eigenvalue weighted by Gasteiger charge is 2.13. The van der Waals surface area contributed by atoms with E-state index in [1.54, 1.807) is 13.1 Å². The minimum Gasteiger partial charge on any atom is -0.373 e. The molecule has 1 aromatic heterocycles. The molecule has 0 saturated heterocycles. The van der Waals surface area contributed by atoms with Crippen LogP contribution in [0.15, 0.2) is 23.2 Å². The molecule has 0 atom stereocenters. The number of anilines is 1. The van der Waals surface area contributed by atoms with Gasteiger partial charge in [-0.15, -0.1) is 0 Å². The van der Waals surface area contributed by atoms with Crippen LogP contribution in [0, 0.1) is 0 Å². The van der Waals surface area contributed by atoms with Crippen LogP contribution in [0.1, 0.15) is 12.8 Å². The van der Waals surface area contributed by atoms with E-state index in [9.17, 15) is 13.2 Å². The lowest BCUT2D eigenvalue weighted by Gasteiger charge is -2.06. The smallest absolute Gasteiger partial charge is 0.242 e. The summed E-state index contributed by atoms with van der Waals surface area (Å²) in [6.07, 6.45) is 1.79. The fraction of sp³-hybridized carbons (Fsp3) is 0.400. The number of nitrogens with one attached hydrogen (secondary N) is 2. The molecule has 0 aliphatic carbocycles. The molecule has 8 heteroatoms. The molecule has 1 heterocycles. The molecule has 0 bridgehead atoms. The number of hydrogen-bond donors (Lipinski definition) is 3. The number of primary amides is 1. The maximum Gasteiger partial charge on any atom is 0.242 e. The minimum atomic E-state index is -3.58. The molecule has 0 spiro atoms. The Morgan fingerprint density at radius 1 is 1.44 bits per heavy atom. The molecule has 1 amide bonds. The Morgan fingerprint density at radius 3 is 2.67 bits per heavy atom. The van der Waals surface area contributed by atoms with Gasteiger partial charge < -0.3 is 11.1 Å². The van der Waals surface area contributed by atoms with E-state index in [1.165, 1.54) is 12.3 Å². The summed E-state index contributed by atoms with van der Waals surface area (Å²) < 4.78 is 25.9. The number of nitrogens with zero attached hydrogens (tertiary/aromatic N) is 1. The van der Waals surface area contributed by atoms with Crippen molar-refractivity contribution in [1.29, 1.82) is 0 Å². The fourth-order valence-corrected chi connectivity index (χ4v) is 2.26. The number of nitrogens with two attached hydrogens (primary N) is 1.